The molecule has 1 aromatic carbocycles. The monoisotopic (exact) mass is 227 g/mol. The van der Waals surface area contributed by atoms with E-state index in [9.17, 15) is 4.79 Å². The minimum absolute atomic E-state index is 0.226. The van der Waals surface area contributed by atoms with Crippen molar-refractivity contribution in [1.82, 2.24) is 4.57 Å². The molecule has 0 atom stereocenters. The highest BCUT2D eigenvalue weighted by Gasteiger charge is 2.21. The van der Waals surface area contributed by atoms with Crippen LogP contribution in [0.5, 0.6) is 0 Å². The van der Waals surface area contributed by atoms with Gasteiger partial charge in [0.05, 0.1) is 5.52 Å². The van der Waals surface area contributed by atoms with Gasteiger partial charge in [-0.25, -0.2) is 0 Å². The van der Waals surface area contributed by atoms with Gasteiger partial charge in [0.2, 0.25) is 5.91 Å². The molecule has 1 aromatic heterocycles. The van der Waals surface area contributed by atoms with Gasteiger partial charge >= 0.3 is 0 Å². The summed E-state index contributed by atoms with van der Waals surface area (Å²) >= 11 is 0. The van der Waals surface area contributed by atoms with Crippen LogP contribution in [-0.2, 0) is 12.8 Å². The third-order valence-electron chi connectivity index (χ3n) is 3.73. The summed E-state index contributed by atoms with van der Waals surface area (Å²) in [6.45, 7) is 1.94. The van der Waals surface area contributed by atoms with Gasteiger partial charge in [-0.05, 0) is 37.3 Å². The molecule has 2 heteroatoms. The van der Waals surface area contributed by atoms with E-state index >= 15 is 0 Å². The molecular weight excluding hydrogens is 210 g/mol. The molecule has 2 aromatic rings. The fourth-order valence-corrected chi connectivity index (χ4v) is 2.94. The number of benzene rings is 1. The Labute approximate surface area is 101 Å². The topological polar surface area (TPSA) is 22.0 Å². The molecule has 0 radical (unpaired) electrons. The molecule has 0 saturated heterocycles. The molecule has 0 amide bonds. The van der Waals surface area contributed by atoms with Gasteiger partial charge in [0.25, 0.3) is 0 Å². The molecule has 0 bridgehead atoms. The Balaban J connectivity index is 2.35. The first-order chi connectivity index (χ1) is 8.33. The van der Waals surface area contributed by atoms with E-state index in [2.05, 4.69) is 18.2 Å². The van der Waals surface area contributed by atoms with Crippen molar-refractivity contribution in [3.63, 3.8) is 0 Å². The highest BCUT2D eigenvalue weighted by atomic mass is 16.2. The summed E-state index contributed by atoms with van der Waals surface area (Å²) in [5.74, 6) is 0.226. The van der Waals surface area contributed by atoms with Crippen LogP contribution in [-0.4, -0.2) is 10.5 Å². The van der Waals surface area contributed by atoms with Crippen LogP contribution in [0.3, 0.4) is 0 Å². The van der Waals surface area contributed by atoms with E-state index in [4.69, 9.17) is 0 Å². The zero-order valence-corrected chi connectivity index (χ0v) is 10.2. The minimum atomic E-state index is 0.226. The lowest BCUT2D eigenvalue weighted by Gasteiger charge is -2.14. The highest BCUT2D eigenvalue weighted by Crippen LogP contribution is 2.32. The Bertz CT molecular complexity index is 580. The van der Waals surface area contributed by atoms with Crippen LogP contribution >= 0.6 is 0 Å². The van der Waals surface area contributed by atoms with E-state index in [1.165, 1.54) is 29.5 Å². The third-order valence-corrected chi connectivity index (χ3v) is 3.73. The molecule has 3 rings (SSSR count). The number of carbonyl (C=O) groups is 1. The maximum absolute atomic E-state index is 12.1. The summed E-state index contributed by atoms with van der Waals surface area (Å²) in [5.41, 5.74) is 3.78. The van der Waals surface area contributed by atoms with Crippen molar-refractivity contribution in [2.75, 3.05) is 0 Å². The van der Waals surface area contributed by atoms with E-state index in [0.717, 1.165) is 18.4 Å². The molecule has 0 aliphatic heterocycles. The van der Waals surface area contributed by atoms with Crippen LogP contribution in [0.4, 0.5) is 0 Å². The van der Waals surface area contributed by atoms with E-state index in [1.807, 2.05) is 17.6 Å². The Hall–Kier alpha value is -1.57. The van der Waals surface area contributed by atoms with E-state index in [1.54, 1.807) is 0 Å². The first kappa shape index (κ1) is 10.6. The summed E-state index contributed by atoms with van der Waals surface area (Å²) < 4.78 is 1.96. The molecule has 17 heavy (non-hydrogen) atoms. The predicted molar refractivity (Wildman–Crippen MR) is 69.5 cm³/mol. The first-order valence-electron chi connectivity index (χ1n) is 6.47. The number of aromatic nitrogens is 1. The Morgan fingerprint density at radius 1 is 1.24 bits per heavy atom. The zero-order chi connectivity index (χ0) is 11.8. The second-order valence-electron chi connectivity index (χ2n) is 4.73. The fourth-order valence-electron chi connectivity index (χ4n) is 2.94. The molecule has 0 N–H and O–H groups in total. The second kappa shape index (κ2) is 4.02. The zero-order valence-electron chi connectivity index (χ0n) is 10.2. The van der Waals surface area contributed by atoms with Gasteiger partial charge in [-0.1, -0.05) is 25.1 Å². The number of rotatable bonds is 1. The van der Waals surface area contributed by atoms with Crippen molar-refractivity contribution >= 4 is 16.8 Å². The van der Waals surface area contributed by atoms with Crippen LogP contribution < -0.4 is 0 Å². The SMILES string of the molecule is CCC(=O)n1c2c(c3ccccc31)CCCC2. The van der Waals surface area contributed by atoms with Crippen molar-refractivity contribution in [1.29, 1.82) is 0 Å². The normalized spacial score (nSPS) is 14.9. The summed E-state index contributed by atoms with van der Waals surface area (Å²) in [6, 6.07) is 8.31. The molecule has 0 spiro atoms. The molecule has 88 valence electrons. The van der Waals surface area contributed by atoms with E-state index < -0.39 is 0 Å². The Morgan fingerprint density at radius 2 is 2.00 bits per heavy atom. The molecule has 1 aliphatic carbocycles. The van der Waals surface area contributed by atoms with Crippen molar-refractivity contribution in [2.24, 2.45) is 0 Å². The smallest absolute Gasteiger partial charge is 0.231 e. The standard InChI is InChI=1S/C15H17NO/c1-2-15(17)16-13-9-5-3-7-11(13)12-8-4-6-10-14(12)16/h3,5,7,9H,2,4,6,8,10H2,1H3. The Kier molecular flexibility index (Phi) is 2.50. The molecule has 2 nitrogen and oxygen atoms in total. The summed E-state index contributed by atoms with van der Waals surface area (Å²) in [4.78, 5) is 12.1. The summed E-state index contributed by atoms with van der Waals surface area (Å²) in [7, 11) is 0. The predicted octanol–water partition coefficient (Wildman–Crippen LogP) is 3.57. The fraction of sp³-hybridized carbons (Fsp3) is 0.400. The van der Waals surface area contributed by atoms with Gasteiger partial charge in [0.15, 0.2) is 0 Å². The van der Waals surface area contributed by atoms with Crippen molar-refractivity contribution in [3.05, 3.63) is 35.5 Å². The van der Waals surface area contributed by atoms with Crippen molar-refractivity contribution in [2.45, 2.75) is 39.0 Å². The summed E-state index contributed by atoms with van der Waals surface area (Å²) in [5, 5.41) is 1.28. The van der Waals surface area contributed by atoms with Crippen LogP contribution in [0.25, 0.3) is 10.9 Å². The third kappa shape index (κ3) is 1.51. The van der Waals surface area contributed by atoms with Crippen molar-refractivity contribution < 1.29 is 4.79 Å². The lowest BCUT2D eigenvalue weighted by Crippen LogP contribution is -2.15. The number of aryl methyl sites for hydroxylation is 1. The van der Waals surface area contributed by atoms with Gasteiger partial charge in [0.1, 0.15) is 0 Å². The average molecular weight is 227 g/mol. The van der Waals surface area contributed by atoms with Gasteiger partial charge in [0, 0.05) is 17.5 Å². The lowest BCUT2D eigenvalue weighted by molar-refractivity contribution is 0.0910. The molecule has 0 unspecified atom stereocenters. The number of nitrogens with zero attached hydrogens (tertiary/aromatic N) is 1. The van der Waals surface area contributed by atoms with Gasteiger partial charge in [-0.15, -0.1) is 0 Å². The number of hydrogen-bond donors (Lipinski definition) is 0. The average Bonchev–Trinajstić information content (AvgIpc) is 2.72. The first-order valence-corrected chi connectivity index (χ1v) is 6.47. The van der Waals surface area contributed by atoms with Crippen LogP contribution in [0, 0.1) is 0 Å². The van der Waals surface area contributed by atoms with Gasteiger partial charge in [-0.2, -0.15) is 0 Å². The second-order valence-corrected chi connectivity index (χ2v) is 4.73. The number of hydrogen-bond acceptors (Lipinski definition) is 1. The number of para-hydroxylation sites is 1. The highest BCUT2D eigenvalue weighted by molar-refractivity contribution is 5.96. The van der Waals surface area contributed by atoms with Gasteiger partial charge < -0.3 is 0 Å². The largest absolute Gasteiger partial charge is 0.284 e. The molecular formula is C15H17NO. The quantitative estimate of drug-likeness (QED) is 0.730. The molecule has 0 fully saturated rings. The van der Waals surface area contributed by atoms with Gasteiger partial charge in [-0.3, -0.25) is 9.36 Å². The van der Waals surface area contributed by atoms with Crippen molar-refractivity contribution in [3.8, 4) is 0 Å². The van der Waals surface area contributed by atoms with E-state index in [-0.39, 0.29) is 5.91 Å². The number of carbonyl (C=O) groups excluding carboxylic acids is 1. The molecule has 1 aliphatic rings. The minimum Gasteiger partial charge on any atom is -0.284 e. The lowest BCUT2D eigenvalue weighted by atomic mass is 9.95. The number of fused-ring (bicyclic) bond motifs is 3. The van der Waals surface area contributed by atoms with E-state index in [0.29, 0.717) is 6.42 Å². The maximum Gasteiger partial charge on any atom is 0.231 e. The Morgan fingerprint density at radius 3 is 2.82 bits per heavy atom. The molecule has 0 saturated carbocycles. The maximum atomic E-state index is 12.1. The molecule has 1 heterocycles. The van der Waals surface area contributed by atoms with Crippen LogP contribution in [0.1, 0.15) is 42.2 Å². The van der Waals surface area contributed by atoms with Crippen LogP contribution in [0.2, 0.25) is 0 Å². The summed E-state index contributed by atoms with van der Waals surface area (Å²) in [6.07, 6.45) is 5.21. The van der Waals surface area contributed by atoms with Crippen LogP contribution in [0.15, 0.2) is 24.3 Å².